The number of benzene rings is 2. The van der Waals surface area contributed by atoms with Gasteiger partial charge in [-0.05, 0) is 51.3 Å². The summed E-state index contributed by atoms with van der Waals surface area (Å²) < 4.78 is 10.0. The Balaban J connectivity index is 1.41. The van der Waals surface area contributed by atoms with Crippen molar-refractivity contribution < 1.29 is 28.7 Å². The van der Waals surface area contributed by atoms with E-state index < -0.39 is 35.3 Å². The van der Waals surface area contributed by atoms with E-state index in [1.165, 1.54) is 7.11 Å². The lowest BCUT2D eigenvalue weighted by Crippen LogP contribution is -2.59. The van der Waals surface area contributed by atoms with E-state index in [0.29, 0.717) is 39.1 Å². The zero-order valence-corrected chi connectivity index (χ0v) is 24.1. The highest BCUT2D eigenvalue weighted by Crippen LogP contribution is 2.40. The zero-order valence-electron chi connectivity index (χ0n) is 24.1. The van der Waals surface area contributed by atoms with Gasteiger partial charge in [0.1, 0.15) is 17.2 Å². The van der Waals surface area contributed by atoms with E-state index >= 15 is 0 Å². The van der Waals surface area contributed by atoms with Gasteiger partial charge in [0, 0.05) is 25.3 Å². The summed E-state index contributed by atoms with van der Waals surface area (Å²) in [6, 6.07) is 18.3. The quantitative estimate of drug-likeness (QED) is 0.495. The van der Waals surface area contributed by atoms with Crippen LogP contribution in [0.4, 0.5) is 15.3 Å². The van der Waals surface area contributed by atoms with Gasteiger partial charge in [0.25, 0.3) is 0 Å². The highest BCUT2D eigenvalue weighted by Gasteiger charge is 2.54. The first-order chi connectivity index (χ1) is 19.5. The molecule has 2 aromatic carbocycles. The molecule has 0 unspecified atom stereocenters. The molecule has 2 N–H and O–H groups in total. The second-order valence-electron chi connectivity index (χ2n) is 11.3. The predicted molar refractivity (Wildman–Crippen MR) is 153 cm³/mol. The number of carbonyl (C=O) groups excluding carboxylic acids is 4. The molecule has 1 spiro atoms. The minimum absolute atomic E-state index is 0.0533. The molecule has 2 heterocycles. The van der Waals surface area contributed by atoms with Crippen LogP contribution in [-0.2, 0) is 25.6 Å². The average molecular weight is 566 g/mol. The Morgan fingerprint density at radius 2 is 1.59 bits per heavy atom. The second-order valence-corrected chi connectivity index (χ2v) is 11.3. The molecule has 0 saturated carbocycles. The largest absolute Gasteiger partial charge is 0.467 e. The predicted octanol–water partition coefficient (Wildman–Crippen LogP) is 3.10. The number of anilines is 1. The van der Waals surface area contributed by atoms with Crippen LogP contribution >= 0.6 is 0 Å². The van der Waals surface area contributed by atoms with Gasteiger partial charge in [-0.1, -0.05) is 48.5 Å². The number of hydrogen-bond donors (Lipinski definition) is 2. The van der Waals surface area contributed by atoms with E-state index in [1.54, 1.807) is 25.7 Å². The minimum Gasteiger partial charge on any atom is -0.467 e. The van der Waals surface area contributed by atoms with Gasteiger partial charge in [-0.3, -0.25) is 4.79 Å². The van der Waals surface area contributed by atoms with E-state index in [1.807, 2.05) is 65.6 Å². The number of para-hydroxylation sites is 1. The third-order valence-electron chi connectivity index (χ3n) is 7.31. The summed E-state index contributed by atoms with van der Waals surface area (Å²) in [5.41, 5.74) is 0.505. The number of rotatable bonds is 7. The third kappa shape index (κ3) is 7.08. The molecular formula is C30H39N5O6. The Hall–Kier alpha value is -4.28. The Morgan fingerprint density at radius 1 is 0.976 bits per heavy atom. The molecule has 2 fully saturated rings. The summed E-state index contributed by atoms with van der Waals surface area (Å²) in [4.78, 5) is 57.1. The van der Waals surface area contributed by atoms with Crippen molar-refractivity contribution in [1.29, 1.82) is 0 Å². The number of nitrogens with one attached hydrogen (secondary N) is 2. The maximum Gasteiger partial charge on any atom is 0.408 e. The van der Waals surface area contributed by atoms with Crippen LogP contribution in [0.15, 0.2) is 60.7 Å². The maximum atomic E-state index is 13.9. The van der Waals surface area contributed by atoms with Crippen LogP contribution in [0, 0.1) is 0 Å². The molecule has 2 aliphatic heterocycles. The number of ether oxygens (including phenoxy) is 2. The van der Waals surface area contributed by atoms with E-state index in [-0.39, 0.29) is 12.5 Å². The molecule has 11 heteroatoms. The van der Waals surface area contributed by atoms with E-state index in [4.69, 9.17) is 9.47 Å². The summed E-state index contributed by atoms with van der Waals surface area (Å²) in [5, 5.41) is 5.17. The van der Waals surface area contributed by atoms with Crippen LogP contribution < -0.4 is 15.5 Å². The number of alkyl carbamates (subject to hydrolysis) is 1. The van der Waals surface area contributed by atoms with Crippen molar-refractivity contribution in [3.05, 3.63) is 66.2 Å². The fourth-order valence-corrected chi connectivity index (χ4v) is 5.29. The van der Waals surface area contributed by atoms with Gasteiger partial charge in [0.05, 0.1) is 20.3 Å². The van der Waals surface area contributed by atoms with Gasteiger partial charge in [0.2, 0.25) is 5.91 Å². The standard InChI is InChI=1S/C30H39N5O6/c1-29(2,3)41-28(39)32-24(25(36)40-4)19-31-27(38)33-17-15-30(16-18-33)26(37)34(20-22-11-7-5-8-12-22)21-35(30)23-13-9-6-10-14-23/h5-14,24H,15-21H2,1-4H3,(H,31,38)(H,32,39)/t24-/m0/s1. The minimum atomic E-state index is -1.12. The first-order valence-corrected chi connectivity index (χ1v) is 13.8. The topological polar surface area (TPSA) is 121 Å². The molecule has 0 radical (unpaired) electrons. The van der Waals surface area contributed by atoms with Crippen molar-refractivity contribution in [3.63, 3.8) is 0 Å². The van der Waals surface area contributed by atoms with E-state index in [2.05, 4.69) is 15.5 Å². The smallest absolute Gasteiger partial charge is 0.408 e. The molecular weight excluding hydrogens is 526 g/mol. The molecule has 4 rings (SSSR count). The molecule has 1 atom stereocenters. The molecule has 0 aliphatic carbocycles. The number of carbonyl (C=O) groups is 4. The van der Waals surface area contributed by atoms with Crippen molar-refractivity contribution in [1.82, 2.24) is 20.4 Å². The van der Waals surface area contributed by atoms with Gasteiger partial charge in [-0.15, -0.1) is 0 Å². The van der Waals surface area contributed by atoms with Crippen LogP contribution in [0.1, 0.15) is 39.2 Å². The van der Waals surface area contributed by atoms with Crippen LogP contribution in [0.3, 0.4) is 0 Å². The van der Waals surface area contributed by atoms with Crippen LogP contribution in [0.5, 0.6) is 0 Å². The van der Waals surface area contributed by atoms with Crippen molar-refractivity contribution >= 4 is 29.7 Å². The number of amides is 4. The third-order valence-corrected chi connectivity index (χ3v) is 7.31. The van der Waals surface area contributed by atoms with Crippen LogP contribution in [0.2, 0.25) is 0 Å². The maximum absolute atomic E-state index is 13.9. The molecule has 0 bridgehead atoms. The molecule has 41 heavy (non-hydrogen) atoms. The summed E-state index contributed by atoms with van der Waals surface area (Å²) >= 11 is 0. The molecule has 2 aliphatic rings. The Morgan fingerprint density at radius 3 is 2.17 bits per heavy atom. The number of esters is 1. The van der Waals surface area contributed by atoms with Crippen LogP contribution in [0.25, 0.3) is 0 Å². The fraction of sp³-hybridized carbons (Fsp3) is 0.467. The first-order valence-electron chi connectivity index (χ1n) is 13.8. The van der Waals surface area contributed by atoms with E-state index in [9.17, 15) is 19.2 Å². The van der Waals surface area contributed by atoms with Gasteiger partial charge >= 0.3 is 18.1 Å². The molecule has 0 aromatic heterocycles. The normalized spacial score (nSPS) is 17.3. The summed E-state index contributed by atoms with van der Waals surface area (Å²) in [6.45, 7) is 6.62. The molecule has 2 aromatic rings. The highest BCUT2D eigenvalue weighted by molar-refractivity contribution is 5.94. The number of methoxy groups -OCH3 is 1. The second kappa shape index (κ2) is 12.5. The first kappa shape index (κ1) is 29.7. The summed E-state index contributed by atoms with van der Waals surface area (Å²) in [7, 11) is 1.20. The molecule has 4 amide bonds. The Labute approximate surface area is 240 Å². The number of nitrogens with zero attached hydrogens (tertiary/aromatic N) is 3. The lowest BCUT2D eigenvalue weighted by Gasteiger charge is -2.43. The number of hydrogen-bond acceptors (Lipinski definition) is 7. The Bertz CT molecular complexity index is 1220. The molecule has 2 saturated heterocycles. The summed E-state index contributed by atoms with van der Waals surface area (Å²) in [5.74, 6) is -0.653. The van der Waals surface area contributed by atoms with Gasteiger partial charge in [-0.25, -0.2) is 14.4 Å². The van der Waals surface area contributed by atoms with Crippen molar-refractivity contribution in [2.45, 2.75) is 57.3 Å². The van der Waals surface area contributed by atoms with E-state index in [0.717, 1.165) is 11.3 Å². The number of urea groups is 1. The van der Waals surface area contributed by atoms with Crippen molar-refractivity contribution in [2.75, 3.05) is 38.3 Å². The van der Waals surface area contributed by atoms with Gasteiger partial charge in [0.15, 0.2) is 0 Å². The zero-order chi connectivity index (χ0) is 29.6. The molecule has 220 valence electrons. The monoisotopic (exact) mass is 565 g/mol. The van der Waals surface area contributed by atoms with Gasteiger partial charge < -0.3 is 34.8 Å². The lowest BCUT2D eigenvalue weighted by atomic mass is 9.85. The fourth-order valence-electron chi connectivity index (χ4n) is 5.29. The Kier molecular flexibility index (Phi) is 9.05. The van der Waals surface area contributed by atoms with Crippen molar-refractivity contribution in [2.24, 2.45) is 0 Å². The average Bonchev–Trinajstić information content (AvgIpc) is 3.21. The highest BCUT2D eigenvalue weighted by atomic mass is 16.6. The number of piperidine rings is 1. The molecule has 11 nitrogen and oxygen atoms in total. The van der Waals surface area contributed by atoms with Crippen molar-refractivity contribution in [3.8, 4) is 0 Å². The number of likely N-dealkylation sites (tertiary alicyclic amines) is 1. The summed E-state index contributed by atoms with van der Waals surface area (Å²) in [6.07, 6.45) is 0.120. The van der Waals surface area contributed by atoms with Crippen LogP contribution in [-0.4, -0.2) is 84.4 Å². The SMILES string of the molecule is COC(=O)[C@H](CNC(=O)N1CCC2(CC1)C(=O)N(Cc1ccccc1)CN2c1ccccc1)NC(=O)OC(C)(C)C. The lowest BCUT2D eigenvalue weighted by molar-refractivity contribution is -0.143. The van der Waals surface area contributed by atoms with Gasteiger partial charge in [-0.2, -0.15) is 0 Å².